The molecule has 3 aromatic rings. The van der Waals surface area contributed by atoms with Crippen LogP contribution in [0.1, 0.15) is 24.7 Å². The molecule has 7 heteroatoms. The van der Waals surface area contributed by atoms with Crippen molar-refractivity contribution in [3.8, 4) is 11.5 Å². The molecule has 0 bridgehead atoms. The molecule has 0 unspecified atom stereocenters. The Morgan fingerprint density at radius 3 is 2.86 bits per heavy atom. The first-order chi connectivity index (χ1) is 14.1. The summed E-state index contributed by atoms with van der Waals surface area (Å²) in [6.45, 7) is 6.04. The van der Waals surface area contributed by atoms with E-state index in [0.29, 0.717) is 46.8 Å². The van der Waals surface area contributed by atoms with Crippen LogP contribution in [0.3, 0.4) is 0 Å². The van der Waals surface area contributed by atoms with Crippen LogP contribution in [0, 0.1) is 0 Å². The molecule has 0 spiro atoms. The summed E-state index contributed by atoms with van der Waals surface area (Å²) in [5.74, 6) is 1.73. The van der Waals surface area contributed by atoms with Crippen LogP contribution in [0.2, 0.25) is 0 Å². The Morgan fingerprint density at radius 2 is 2.14 bits per heavy atom. The summed E-state index contributed by atoms with van der Waals surface area (Å²) < 4.78 is 13.3. The number of para-hydroxylation sites is 1. The van der Waals surface area contributed by atoms with Crippen LogP contribution in [0.4, 0.5) is 0 Å². The fraction of sp³-hybridized carbons (Fsp3) is 0.227. The van der Waals surface area contributed by atoms with E-state index in [0.717, 1.165) is 10.9 Å². The van der Waals surface area contributed by atoms with E-state index in [9.17, 15) is 4.79 Å². The van der Waals surface area contributed by atoms with Gasteiger partial charge in [0.25, 0.3) is 5.56 Å². The zero-order valence-electron chi connectivity index (χ0n) is 16.4. The van der Waals surface area contributed by atoms with Gasteiger partial charge in [0.2, 0.25) is 0 Å². The Balaban J connectivity index is 2.13. The van der Waals surface area contributed by atoms with Gasteiger partial charge < -0.3 is 9.47 Å². The molecule has 0 aliphatic heterocycles. The lowest BCUT2D eigenvalue weighted by Crippen LogP contribution is -2.22. The van der Waals surface area contributed by atoms with Gasteiger partial charge in [0.1, 0.15) is 12.4 Å². The number of hydrogen-bond acceptors (Lipinski definition) is 5. The van der Waals surface area contributed by atoms with Crippen molar-refractivity contribution in [2.24, 2.45) is 5.10 Å². The predicted molar refractivity (Wildman–Crippen MR) is 119 cm³/mol. The minimum atomic E-state index is -0.215. The summed E-state index contributed by atoms with van der Waals surface area (Å²) in [7, 11) is 1.58. The highest BCUT2D eigenvalue weighted by molar-refractivity contribution is 9.10. The van der Waals surface area contributed by atoms with Crippen LogP contribution in [-0.4, -0.2) is 29.6 Å². The third-order valence-corrected chi connectivity index (χ3v) is 4.73. The molecule has 0 atom stereocenters. The molecule has 0 aliphatic carbocycles. The molecule has 3 rings (SSSR count). The number of methoxy groups -OCH3 is 1. The third kappa shape index (κ3) is 4.56. The molecule has 29 heavy (non-hydrogen) atoms. The van der Waals surface area contributed by atoms with Crippen LogP contribution in [0.25, 0.3) is 10.9 Å². The van der Waals surface area contributed by atoms with E-state index >= 15 is 0 Å². The normalized spacial score (nSPS) is 11.1. The van der Waals surface area contributed by atoms with Crippen molar-refractivity contribution in [3.05, 3.63) is 75.3 Å². The lowest BCUT2D eigenvalue weighted by atomic mass is 10.2. The molecular weight excluding hydrogens is 434 g/mol. The number of fused-ring (bicyclic) bond motifs is 1. The maximum atomic E-state index is 13.1. The average Bonchev–Trinajstić information content (AvgIpc) is 2.73. The number of aryl methyl sites for hydroxylation is 1. The van der Waals surface area contributed by atoms with Crippen LogP contribution < -0.4 is 15.0 Å². The van der Waals surface area contributed by atoms with Crippen molar-refractivity contribution in [1.82, 2.24) is 9.66 Å². The number of ether oxygens (including phenoxy) is 2. The van der Waals surface area contributed by atoms with Crippen LogP contribution in [-0.2, 0) is 6.42 Å². The van der Waals surface area contributed by atoms with E-state index in [4.69, 9.17) is 9.47 Å². The smallest absolute Gasteiger partial charge is 0.282 e. The number of aromatic nitrogens is 2. The van der Waals surface area contributed by atoms with Crippen LogP contribution in [0.5, 0.6) is 11.5 Å². The zero-order valence-corrected chi connectivity index (χ0v) is 18.0. The maximum Gasteiger partial charge on any atom is 0.282 e. The second-order valence-electron chi connectivity index (χ2n) is 6.28. The van der Waals surface area contributed by atoms with E-state index in [-0.39, 0.29) is 5.56 Å². The lowest BCUT2D eigenvalue weighted by Gasteiger charge is -2.12. The zero-order chi connectivity index (χ0) is 20.8. The summed E-state index contributed by atoms with van der Waals surface area (Å²) in [4.78, 5) is 17.7. The highest BCUT2D eigenvalue weighted by Gasteiger charge is 2.12. The van der Waals surface area contributed by atoms with Crippen LogP contribution >= 0.6 is 15.9 Å². The van der Waals surface area contributed by atoms with Crippen molar-refractivity contribution in [3.63, 3.8) is 0 Å². The Morgan fingerprint density at radius 1 is 1.31 bits per heavy atom. The molecule has 0 saturated carbocycles. The number of halogens is 1. The molecule has 0 radical (unpaired) electrons. The maximum absolute atomic E-state index is 13.1. The summed E-state index contributed by atoms with van der Waals surface area (Å²) in [6.07, 6.45) is 4.72. The quantitative estimate of drug-likeness (QED) is 0.368. The minimum absolute atomic E-state index is 0.215. The van der Waals surface area contributed by atoms with Gasteiger partial charge in [-0.25, -0.2) is 4.98 Å². The summed E-state index contributed by atoms with van der Waals surface area (Å²) in [5, 5.41) is 4.96. The molecule has 150 valence electrons. The van der Waals surface area contributed by atoms with Gasteiger partial charge in [0.05, 0.1) is 24.2 Å². The fourth-order valence-corrected chi connectivity index (χ4v) is 3.27. The second kappa shape index (κ2) is 9.52. The molecule has 6 nitrogen and oxygen atoms in total. The molecule has 0 amide bonds. The molecule has 0 aliphatic rings. The molecule has 0 saturated heterocycles. The Kier molecular flexibility index (Phi) is 6.82. The molecular formula is C22H22BrN3O3. The predicted octanol–water partition coefficient (Wildman–Crippen LogP) is 4.57. The Hall–Kier alpha value is -2.93. The largest absolute Gasteiger partial charge is 0.493 e. The fourth-order valence-electron chi connectivity index (χ4n) is 2.91. The number of nitrogens with zero attached hydrogens (tertiary/aromatic N) is 3. The molecule has 2 aromatic carbocycles. The third-order valence-electron chi connectivity index (χ3n) is 4.24. The first-order valence-corrected chi connectivity index (χ1v) is 10.0. The van der Waals surface area contributed by atoms with Gasteiger partial charge in [-0.1, -0.05) is 41.6 Å². The second-order valence-corrected chi connectivity index (χ2v) is 7.20. The topological polar surface area (TPSA) is 65.7 Å². The standard InChI is InChI=1S/C22H22BrN3O3/c1-4-7-20-25-18-11-10-16(23)13-17(18)22(27)26(20)24-14-15-8-6-9-19(28-3)21(15)29-12-5-2/h5-6,8-11,13-14H,2,4,7,12H2,1,3H3. The highest BCUT2D eigenvalue weighted by atomic mass is 79.9. The van der Waals surface area contributed by atoms with E-state index in [1.165, 1.54) is 4.68 Å². The number of rotatable bonds is 8. The SMILES string of the molecule is C=CCOc1c(C=Nn2c(CCC)nc3ccc(Br)cc3c2=O)cccc1OC. The monoisotopic (exact) mass is 455 g/mol. The van der Waals surface area contributed by atoms with Gasteiger partial charge >= 0.3 is 0 Å². The molecule has 0 fully saturated rings. The number of hydrogen-bond donors (Lipinski definition) is 0. The van der Waals surface area contributed by atoms with Crippen molar-refractivity contribution in [2.45, 2.75) is 19.8 Å². The summed E-state index contributed by atoms with van der Waals surface area (Å²) in [6, 6.07) is 11.0. The van der Waals surface area contributed by atoms with Gasteiger partial charge in [-0.15, -0.1) is 0 Å². The Labute approximate surface area is 177 Å². The first-order valence-electron chi connectivity index (χ1n) is 9.25. The molecule has 1 heterocycles. The van der Waals surface area contributed by atoms with Gasteiger partial charge in [-0.3, -0.25) is 4.79 Å². The van der Waals surface area contributed by atoms with E-state index in [2.05, 4.69) is 32.6 Å². The van der Waals surface area contributed by atoms with E-state index < -0.39 is 0 Å². The first kappa shape index (κ1) is 20.8. The molecule has 1 aromatic heterocycles. The van der Waals surface area contributed by atoms with Gasteiger partial charge in [-0.2, -0.15) is 9.78 Å². The highest BCUT2D eigenvalue weighted by Crippen LogP contribution is 2.30. The van der Waals surface area contributed by atoms with Crippen molar-refractivity contribution in [2.75, 3.05) is 13.7 Å². The number of benzene rings is 2. The van der Waals surface area contributed by atoms with Crippen LogP contribution in [0.15, 0.2) is 63.4 Å². The van der Waals surface area contributed by atoms with Crippen molar-refractivity contribution in [1.29, 1.82) is 0 Å². The minimum Gasteiger partial charge on any atom is -0.493 e. The average molecular weight is 456 g/mol. The molecule has 0 N–H and O–H groups in total. The Bertz CT molecular complexity index is 1120. The summed E-state index contributed by atoms with van der Waals surface area (Å²) >= 11 is 3.41. The van der Waals surface area contributed by atoms with Gasteiger partial charge in [0, 0.05) is 16.5 Å². The van der Waals surface area contributed by atoms with Crippen molar-refractivity contribution < 1.29 is 9.47 Å². The van der Waals surface area contributed by atoms with E-state index in [1.807, 2.05) is 31.2 Å². The van der Waals surface area contributed by atoms with Gasteiger partial charge in [0.15, 0.2) is 11.5 Å². The summed E-state index contributed by atoms with van der Waals surface area (Å²) in [5.41, 5.74) is 1.13. The lowest BCUT2D eigenvalue weighted by molar-refractivity contribution is 0.326. The van der Waals surface area contributed by atoms with Crippen molar-refractivity contribution >= 4 is 33.0 Å². The van der Waals surface area contributed by atoms with Gasteiger partial charge in [-0.05, 0) is 36.8 Å². The van der Waals surface area contributed by atoms with E-state index in [1.54, 1.807) is 31.5 Å².